The summed E-state index contributed by atoms with van der Waals surface area (Å²) < 4.78 is 0. The molecule has 1 amide bonds. The van der Waals surface area contributed by atoms with E-state index < -0.39 is 0 Å². The van der Waals surface area contributed by atoms with Crippen molar-refractivity contribution in [2.24, 2.45) is 0 Å². The van der Waals surface area contributed by atoms with Gasteiger partial charge in [-0.3, -0.25) is 9.78 Å². The largest absolute Gasteiger partial charge is 0.301 e. The zero-order valence-corrected chi connectivity index (χ0v) is 11.1. The van der Waals surface area contributed by atoms with Crippen LogP contribution in [0.3, 0.4) is 0 Å². The second-order valence-electron chi connectivity index (χ2n) is 4.06. The van der Waals surface area contributed by atoms with Gasteiger partial charge in [0.05, 0.1) is 12.2 Å². The molecule has 0 fully saturated rings. The van der Waals surface area contributed by atoms with Crippen LogP contribution in [0.4, 0.5) is 5.13 Å². The quantitative estimate of drug-likeness (QED) is 0.911. The van der Waals surface area contributed by atoms with Crippen molar-refractivity contribution >= 4 is 22.4 Å². The van der Waals surface area contributed by atoms with Gasteiger partial charge in [-0.1, -0.05) is 0 Å². The predicted octanol–water partition coefficient (Wildman–Crippen LogP) is 1.71. The molecule has 0 aliphatic rings. The number of hydrogen-bond donors (Lipinski definition) is 1. The summed E-state index contributed by atoms with van der Waals surface area (Å²) in [6.45, 7) is 0.351. The van der Waals surface area contributed by atoms with E-state index in [1.54, 1.807) is 12.4 Å². The SMILES string of the molecule is CN(C)CC(=O)Nc1nc(-c2ccncc2)cs1. The van der Waals surface area contributed by atoms with Gasteiger partial charge in [-0.15, -0.1) is 11.3 Å². The summed E-state index contributed by atoms with van der Waals surface area (Å²) in [5.74, 6) is -0.0596. The highest BCUT2D eigenvalue weighted by Crippen LogP contribution is 2.24. The summed E-state index contributed by atoms with van der Waals surface area (Å²) in [6, 6.07) is 3.78. The van der Waals surface area contributed by atoms with E-state index in [0.717, 1.165) is 11.3 Å². The number of hydrogen-bond acceptors (Lipinski definition) is 5. The zero-order valence-electron chi connectivity index (χ0n) is 10.3. The Balaban J connectivity index is 2.05. The van der Waals surface area contributed by atoms with Crippen LogP contribution in [0.1, 0.15) is 0 Å². The molecule has 0 radical (unpaired) electrons. The Morgan fingerprint density at radius 3 is 2.78 bits per heavy atom. The molecule has 0 aliphatic carbocycles. The lowest BCUT2D eigenvalue weighted by molar-refractivity contribution is -0.116. The Labute approximate surface area is 109 Å². The van der Waals surface area contributed by atoms with Crippen molar-refractivity contribution in [1.29, 1.82) is 0 Å². The molecular weight excluding hydrogens is 248 g/mol. The van der Waals surface area contributed by atoms with Crippen molar-refractivity contribution in [3.05, 3.63) is 29.9 Å². The van der Waals surface area contributed by atoms with Crippen molar-refractivity contribution in [2.75, 3.05) is 26.0 Å². The Morgan fingerprint density at radius 1 is 1.39 bits per heavy atom. The van der Waals surface area contributed by atoms with Crippen LogP contribution in [0.25, 0.3) is 11.3 Å². The number of aromatic nitrogens is 2. The van der Waals surface area contributed by atoms with Crippen LogP contribution < -0.4 is 5.32 Å². The Kier molecular flexibility index (Phi) is 4.01. The number of pyridine rings is 1. The number of nitrogens with one attached hydrogen (secondary N) is 1. The lowest BCUT2D eigenvalue weighted by Gasteiger charge is -2.07. The van der Waals surface area contributed by atoms with Crippen LogP contribution in [-0.4, -0.2) is 41.4 Å². The maximum atomic E-state index is 11.6. The van der Waals surface area contributed by atoms with E-state index in [-0.39, 0.29) is 5.91 Å². The average molecular weight is 262 g/mol. The van der Waals surface area contributed by atoms with E-state index in [2.05, 4.69) is 15.3 Å². The molecule has 0 spiro atoms. The van der Waals surface area contributed by atoms with Gasteiger partial charge in [0.2, 0.25) is 5.91 Å². The monoisotopic (exact) mass is 262 g/mol. The van der Waals surface area contributed by atoms with Gasteiger partial charge in [0.1, 0.15) is 0 Å². The minimum absolute atomic E-state index is 0.0596. The fourth-order valence-electron chi connectivity index (χ4n) is 1.43. The van der Waals surface area contributed by atoms with Crippen LogP contribution in [0.5, 0.6) is 0 Å². The first kappa shape index (κ1) is 12.7. The fraction of sp³-hybridized carbons (Fsp3) is 0.250. The number of anilines is 1. The molecule has 18 heavy (non-hydrogen) atoms. The topological polar surface area (TPSA) is 58.1 Å². The first-order chi connectivity index (χ1) is 8.65. The van der Waals surface area contributed by atoms with Crippen molar-refractivity contribution in [3.8, 4) is 11.3 Å². The van der Waals surface area contributed by atoms with Gasteiger partial charge in [0, 0.05) is 23.3 Å². The maximum Gasteiger partial charge on any atom is 0.240 e. The van der Waals surface area contributed by atoms with Gasteiger partial charge < -0.3 is 10.2 Å². The van der Waals surface area contributed by atoms with E-state index in [4.69, 9.17) is 0 Å². The molecule has 6 heteroatoms. The van der Waals surface area contributed by atoms with Crippen LogP contribution in [0.15, 0.2) is 29.9 Å². The number of carbonyl (C=O) groups excluding carboxylic acids is 1. The van der Waals surface area contributed by atoms with E-state index in [1.165, 1.54) is 11.3 Å². The van der Waals surface area contributed by atoms with Gasteiger partial charge in [0.15, 0.2) is 5.13 Å². The minimum Gasteiger partial charge on any atom is -0.301 e. The Hall–Kier alpha value is -1.79. The zero-order chi connectivity index (χ0) is 13.0. The molecule has 2 aromatic rings. The Morgan fingerprint density at radius 2 is 2.11 bits per heavy atom. The minimum atomic E-state index is -0.0596. The van der Waals surface area contributed by atoms with E-state index in [1.807, 2.05) is 36.5 Å². The molecule has 0 aromatic carbocycles. The maximum absolute atomic E-state index is 11.6. The van der Waals surface area contributed by atoms with Crippen LogP contribution in [0, 0.1) is 0 Å². The summed E-state index contributed by atoms with van der Waals surface area (Å²) in [5, 5.41) is 5.31. The molecule has 0 unspecified atom stereocenters. The molecule has 1 N–H and O–H groups in total. The normalized spacial score (nSPS) is 10.6. The standard InChI is InChI=1S/C12H14N4OS/c1-16(2)7-11(17)15-12-14-10(8-18-12)9-3-5-13-6-4-9/h3-6,8H,7H2,1-2H3,(H,14,15,17). The third kappa shape index (κ3) is 3.35. The van der Waals surface area contributed by atoms with Crippen molar-refractivity contribution in [2.45, 2.75) is 0 Å². The van der Waals surface area contributed by atoms with Crippen LogP contribution >= 0.6 is 11.3 Å². The third-order valence-electron chi connectivity index (χ3n) is 2.19. The molecule has 0 atom stereocenters. The van der Waals surface area contributed by atoms with Gasteiger partial charge in [-0.2, -0.15) is 0 Å². The van der Waals surface area contributed by atoms with Gasteiger partial charge >= 0.3 is 0 Å². The van der Waals surface area contributed by atoms with E-state index in [0.29, 0.717) is 11.7 Å². The van der Waals surface area contributed by atoms with Crippen molar-refractivity contribution in [3.63, 3.8) is 0 Å². The second kappa shape index (κ2) is 5.70. The number of nitrogens with zero attached hydrogens (tertiary/aromatic N) is 3. The number of thiazole rings is 1. The first-order valence-corrected chi connectivity index (χ1v) is 6.33. The molecule has 2 rings (SSSR count). The highest BCUT2D eigenvalue weighted by atomic mass is 32.1. The lowest BCUT2D eigenvalue weighted by atomic mass is 10.2. The van der Waals surface area contributed by atoms with Crippen LogP contribution in [-0.2, 0) is 4.79 Å². The van der Waals surface area contributed by atoms with E-state index >= 15 is 0 Å². The molecule has 5 nitrogen and oxygen atoms in total. The summed E-state index contributed by atoms with van der Waals surface area (Å²) in [6.07, 6.45) is 3.44. The van der Waals surface area contributed by atoms with Crippen molar-refractivity contribution in [1.82, 2.24) is 14.9 Å². The number of carbonyl (C=O) groups is 1. The van der Waals surface area contributed by atoms with Gasteiger partial charge in [0.25, 0.3) is 0 Å². The summed E-state index contributed by atoms with van der Waals surface area (Å²) >= 11 is 1.42. The highest BCUT2D eigenvalue weighted by molar-refractivity contribution is 7.14. The smallest absolute Gasteiger partial charge is 0.240 e. The number of rotatable bonds is 4. The van der Waals surface area contributed by atoms with Crippen molar-refractivity contribution < 1.29 is 4.79 Å². The van der Waals surface area contributed by atoms with Gasteiger partial charge in [-0.25, -0.2) is 4.98 Å². The second-order valence-corrected chi connectivity index (χ2v) is 4.92. The first-order valence-electron chi connectivity index (χ1n) is 5.45. The molecule has 0 saturated heterocycles. The molecule has 0 saturated carbocycles. The van der Waals surface area contributed by atoms with Crippen LogP contribution in [0.2, 0.25) is 0 Å². The highest BCUT2D eigenvalue weighted by Gasteiger charge is 2.08. The Bertz CT molecular complexity index is 524. The molecule has 2 heterocycles. The fourth-order valence-corrected chi connectivity index (χ4v) is 2.17. The molecule has 0 aliphatic heterocycles. The molecular formula is C12H14N4OS. The van der Waals surface area contributed by atoms with E-state index in [9.17, 15) is 4.79 Å². The third-order valence-corrected chi connectivity index (χ3v) is 2.94. The number of likely N-dealkylation sites (N-methyl/N-ethyl adjacent to an activating group) is 1. The lowest BCUT2D eigenvalue weighted by Crippen LogP contribution is -2.26. The summed E-state index contributed by atoms with van der Waals surface area (Å²) in [4.78, 5) is 21.7. The summed E-state index contributed by atoms with van der Waals surface area (Å²) in [7, 11) is 3.70. The molecule has 94 valence electrons. The molecule has 0 bridgehead atoms. The number of amides is 1. The summed E-state index contributed by atoms with van der Waals surface area (Å²) in [5.41, 5.74) is 1.84. The predicted molar refractivity (Wildman–Crippen MR) is 72.5 cm³/mol. The van der Waals surface area contributed by atoms with Gasteiger partial charge in [-0.05, 0) is 26.2 Å². The molecule has 2 aromatic heterocycles. The average Bonchev–Trinajstić information content (AvgIpc) is 2.77.